The zero-order valence-electron chi connectivity index (χ0n) is 21.0. The Kier molecular flexibility index (Phi) is 6.39. The summed E-state index contributed by atoms with van der Waals surface area (Å²) < 4.78 is 3.34. The second-order valence-corrected chi connectivity index (χ2v) is 11.5. The third-order valence-electron chi connectivity index (χ3n) is 8.10. The molecule has 0 bridgehead atoms. The van der Waals surface area contributed by atoms with Gasteiger partial charge in [0.05, 0.1) is 16.6 Å². The smallest absolute Gasteiger partial charge is 0.275 e. The van der Waals surface area contributed by atoms with Crippen LogP contribution in [0.1, 0.15) is 36.5 Å². The molecule has 2 fully saturated rings. The maximum absolute atomic E-state index is 12.5. The van der Waals surface area contributed by atoms with Gasteiger partial charge in [-0.2, -0.15) is 5.10 Å². The molecule has 1 aromatic carbocycles. The molecule has 2 aliphatic rings. The van der Waals surface area contributed by atoms with E-state index in [-0.39, 0.29) is 11.0 Å². The van der Waals surface area contributed by atoms with Gasteiger partial charge in [-0.15, -0.1) is 10.2 Å². The van der Waals surface area contributed by atoms with Gasteiger partial charge >= 0.3 is 0 Å². The molecule has 2 N–H and O–H groups in total. The lowest BCUT2D eigenvalue weighted by atomic mass is 9.56. The molecule has 0 amide bonds. The highest BCUT2D eigenvalue weighted by atomic mass is 35.5. The van der Waals surface area contributed by atoms with Gasteiger partial charge in [0.25, 0.3) is 5.56 Å². The van der Waals surface area contributed by atoms with Gasteiger partial charge in [0.15, 0.2) is 5.65 Å². The van der Waals surface area contributed by atoms with Crippen LogP contribution < -0.4 is 5.56 Å². The minimum Gasteiger partial charge on any atom is -0.412 e. The number of hydrogen-bond donors (Lipinski definition) is 0. The number of pyridine rings is 1. The number of hydrogen-bond acceptors (Lipinski definition) is 5. The normalized spacial score (nSPS) is 18.2. The fourth-order valence-corrected chi connectivity index (χ4v) is 6.81. The van der Waals surface area contributed by atoms with Gasteiger partial charge in [-0.25, -0.2) is 4.68 Å². The summed E-state index contributed by atoms with van der Waals surface area (Å²) in [6.07, 6.45) is 10.3. The third-order valence-corrected chi connectivity index (χ3v) is 8.42. The summed E-state index contributed by atoms with van der Waals surface area (Å²) in [5, 5.41) is 14.4. The van der Waals surface area contributed by atoms with Crippen LogP contribution in [0.3, 0.4) is 0 Å². The molecule has 8 nitrogen and oxygen atoms in total. The average Bonchev–Trinajstić information content (AvgIpc) is 3.21. The molecule has 0 unspecified atom stereocenters. The summed E-state index contributed by atoms with van der Waals surface area (Å²) in [6.45, 7) is 8.08. The first-order valence-corrected chi connectivity index (χ1v) is 12.8. The monoisotopic (exact) mass is 508 g/mol. The number of fused-ring (bicyclic) bond motifs is 2. The van der Waals surface area contributed by atoms with Crippen LogP contribution in [0.2, 0.25) is 5.02 Å². The van der Waals surface area contributed by atoms with E-state index < -0.39 is 0 Å². The molecule has 1 aliphatic carbocycles. The summed E-state index contributed by atoms with van der Waals surface area (Å²) in [5.74, 6) is 1.27. The quantitative estimate of drug-likeness (QED) is 0.398. The van der Waals surface area contributed by atoms with E-state index >= 15 is 0 Å². The van der Waals surface area contributed by atoms with Crippen molar-refractivity contribution in [2.24, 2.45) is 24.3 Å². The van der Waals surface area contributed by atoms with Crippen molar-refractivity contribution in [2.75, 3.05) is 19.6 Å². The van der Waals surface area contributed by atoms with Crippen molar-refractivity contribution >= 4 is 28.0 Å². The SMILES string of the molecule is Cc1cn2cnnc2cc1C[C@H](C)CN1CC2(CC(Cc3ccc(Cl)c4c(=O)n(C)ncc34)C2)C1.O. The first-order valence-electron chi connectivity index (χ1n) is 12.4. The topological polar surface area (TPSA) is 99.8 Å². The molecule has 1 saturated carbocycles. The Bertz CT molecular complexity index is 1480. The lowest BCUT2D eigenvalue weighted by Crippen LogP contribution is -2.63. The molecule has 1 spiro atoms. The number of benzene rings is 1. The molecule has 1 saturated heterocycles. The van der Waals surface area contributed by atoms with Crippen LogP contribution in [0.25, 0.3) is 16.4 Å². The van der Waals surface area contributed by atoms with Gasteiger partial charge in [-0.1, -0.05) is 24.6 Å². The van der Waals surface area contributed by atoms with Gasteiger partial charge in [0.2, 0.25) is 0 Å². The molecular weight excluding hydrogens is 476 g/mol. The van der Waals surface area contributed by atoms with Crippen molar-refractivity contribution in [3.8, 4) is 0 Å². The van der Waals surface area contributed by atoms with E-state index in [1.54, 1.807) is 19.6 Å². The summed E-state index contributed by atoms with van der Waals surface area (Å²) in [5.41, 5.74) is 5.16. The fourth-order valence-electron chi connectivity index (χ4n) is 6.56. The van der Waals surface area contributed by atoms with Gasteiger partial charge in [0, 0.05) is 38.3 Å². The van der Waals surface area contributed by atoms with Gasteiger partial charge < -0.3 is 10.4 Å². The van der Waals surface area contributed by atoms with Crippen LogP contribution >= 0.6 is 11.6 Å². The number of rotatable bonds is 6. The lowest BCUT2D eigenvalue weighted by molar-refractivity contribution is -0.0979. The van der Waals surface area contributed by atoms with E-state index in [4.69, 9.17) is 11.6 Å². The number of aryl methyl sites for hydroxylation is 2. The van der Waals surface area contributed by atoms with Gasteiger partial charge in [-0.05, 0) is 78.7 Å². The Morgan fingerprint density at radius 1 is 1.22 bits per heavy atom. The average molecular weight is 509 g/mol. The van der Waals surface area contributed by atoms with Crippen LogP contribution in [0.15, 0.2) is 41.7 Å². The molecule has 4 heterocycles. The van der Waals surface area contributed by atoms with Crippen molar-refractivity contribution in [3.05, 3.63) is 69.0 Å². The zero-order valence-corrected chi connectivity index (χ0v) is 21.8. The van der Waals surface area contributed by atoms with Crippen LogP contribution in [0.4, 0.5) is 0 Å². The van der Waals surface area contributed by atoms with E-state index in [2.05, 4.69) is 52.4 Å². The number of halogens is 1. The van der Waals surface area contributed by atoms with E-state index in [1.165, 1.54) is 47.3 Å². The fraction of sp³-hybridized carbons (Fsp3) is 0.481. The van der Waals surface area contributed by atoms with Crippen molar-refractivity contribution in [1.29, 1.82) is 0 Å². The maximum Gasteiger partial charge on any atom is 0.275 e. The van der Waals surface area contributed by atoms with E-state index in [0.717, 1.165) is 30.4 Å². The molecule has 190 valence electrons. The number of aromatic nitrogens is 5. The Labute approximate surface area is 215 Å². The van der Waals surface area contributed by atoms with Crippen molar-refractivity contribution in [2.45, 2.75) is 39.5 Å². The highest BCUT2D eigenvalue weighted by Gasteiger charge is 2.51. The van der Waals surface area contributed by atoms with Gasteiger partial charge in [0.1, 0.15) is 6.33 Å². The Morgan fingerprint density at radius 2 is 2.00 bits per heavy atom. The van der Waals surface area contributed by atoms with Crippen LogP contribution in [0, 0.1) is 24.2 Å². The molecule has 4 aromatic rings. The van der Waals surface area contributed by atoms with E-state index in [0.29, 0.717) is 27.7 Å². The lowest BCUT2D eigenvalue weighted by Gasteiger charge is -2.60. The largest absolute Gasteiger partial charge is 0.412 e. The van der Waals surface area contributed by atoms with E-state index in [9.17, 15) is 4.79 Å². The number of likely N-dealkylation sites (tertiary alicyclic amines) is 1. The first kappa shape index (κ1) is 24.9. The second kappa shape index (κ2) is 9.25. The standard InChI is InChI=1S/C27H31ClN6O.H2O/c1-17(6-21-8-24-31-29-16-34(24)13-18(21)2)12-33-14-27(15-33)9-19(10-27)7-20-4-5-23(28)25-22(20)11-30-32(3)26(25)35;/h4-5,8,11,13,16-17,19H,6-7,9-10,12,14-15H2,1-3H3;1H2/t17-;/m0./s1. The van der Waals surface area contributed by atoms with E-state index in [1.807, 2.05) is 10.5 Å². The third kappa shape index (κ3) is 4.31. The molecule has 36 heavy (non-hydrogen) atoms. The summed E-state index contributed by atoms with van der Waals surface area (Å²) in [4.78, 5) is 15.2. The minimum atomic E-state index is -0.125. The minimum absolute atomic E-state index is 0. The maximum atomic E-state index is 12.5. The molecule has 0 radical (unpaired) electrons. The predicted molar refractivity (Wildman–Crippen MR) is 142 cm³/mol. The second-order valence-electron chi connectivity index (χ2n) is 11.1. The van der Waals surface area contributed by atoms with Crippen molar-refractivity contribution in [3.63, 3.8) is 0 Å². The highest BCUT2D eigenvalue weighted by Crippen LogP contribution is 2.53. The Morgan fingerprint density at radius 3 is 2.78 bits per heavy atom. The summed E-state index contributed by atoms with van der Waals surface area (Å²) in [7, 11) is 1.67. The van der Waals surface area contributed by atoms with Crippen molar-refractivity contribution < 1.29 is 5.48 Å². The molecule has 1 aliphatic heterocycles. The summed E-state index contributed by atoms with van der Waals surface area (Å²) in [6, 6.07) is 6.12. The zero-order chi connectivity index (χ0) is 24.3. The van der Waals surface area contributed by atoms with Crippen LogP contribution in [-0.2, 0) is 19.9 Å². The molecule has 1 atom stereocenters. The first-order chi connectivity index (χ1) is 16.8. The highest BCUT2D eigenvalue weighted by molar-refractivity contribution is 6.35. The Balaban J connectivity index is 0.00000267. The van der Waals surface area contributed by atoms with Crippen molar-refractivity contribution in [1.82, 2.24) is 29.3 Å². The predicted octanol–water partition coefficient (Wildman–Crippen LogP) is 3.25. The molecule has 6 rings (SSSR count). The summed E-state index contributed by atoms with van der Waals surface area (Å²) >= 11 is 6.35. The molecular formula is C27H33ClN6O2. The molecule has 3 aromatic heterocycles. The molecule has 9 heteroatoms. The van der Waals surface area contributed by atoms with Gasteiger partial charge in [-0.3, -0.25) is 9.20 Å². The Hall–Kier alpha value is -2.81. The van der Waals surface area contributed by atoms with Crippen LogP contribution in [-0.4, -0.2) is 54.4 Å². The van der Waals surface area contributed by atoms with Crippen LogP contribution in [0.5, 0.6) is 0 Å². The number of nitrogens with zero attached hydrogens (tertiary/aromatic N) is 6.